The molecule has 1 aromatic carbocycles. The highest BCUT2D eigenvalue weighted by Gasteiger charge is 2.26. The zero-order valence-corrected chi connectivity index (χ0v) is 13.6. The van der Waals surface area contributed by atoms with Crippen LogP contribution in [0, 0.1) is 10.1 Å². The first-order valence-corrected chi connectivity index (χ1v) is 7.77. The summed E-state index contributed by atoms with van der Waals surface area (Å²) in [5, 5.41) is 15.6. The molecule has 0 radical (unpaired) electrons. The summed E-state index contributed by atoms with van der Waals surface area (Å²) in [6.45, 7) is 2.34. The number of aromatic nitrogens is 2. The van der Waals surface area contributed by atoms with Crippen LogP contribution in [0.3, 0.4) is 0 Å². The van der Waals surface area contributed by atoms with Gasteiger partial charge in [0.2, 0.25) is 0 Å². The summed E-state index contributed by atoms with van der Waals surface area (Å²) in [7, 11) is 0. The van der Waals surface area contributed by atoms with Crippen LogP contribution in [-0.4, -0.2) is 40.5 Å². The fraction of sp³-hybridized carbons (Fsp3) is 0.357. The van der Waals surface area contributed by atoms with Crippen molar-refractivity contribution >= 4 is 34.6 Å². The third kappa shape index (κ3) is 3.57. The van der Waals surface area contributed by atoms with Gasteiger partial charge in [-0.3, -0.25) is 14.8 Å². The van der Waals surface area contributed by atoms with Crippen molar-refractivity contribution in [2.75, 3.05) is 24.6 Å². The third-order valence-corrected chi connectivity index (χ3v) is 4.19. The van der Waals surface area contributed by atoms with Gasteiger partial charge in [0.05, 0.1) is 39.9 Å². The number of nitro groups is 1. The summed E-state index contributed by atoms with van der Waals surface area (Å²) < 4.78 is 7.55. The van der Waals surface area contributed by atoms with E-state index in [-0.39, 0.29) is 21.8 Å². The van der Waals surface area contributed by atoms with Crippen LogP contribution in [-0.2, 0) is 11.3 Å². The lowest BCUT2D eigenvalue weighted by molar-refractivity contribution is -0.384. The molecular formula is C14H14Cl2N4O3. The molecule has 122 valence electrons. The van der Waals surface area contributed by atoms with Gasteiger partial charge in [-0.1, -0.05) is 23.2 Å². The van der Waals surface area contributed by atoms with E-state index >= 15 is 0 Å². The number of morpholine rings is 1. The first kappa shape index (κ1) is 16.0. The van der Waals surface area contributed by atoms with Gasteiger partial charge >= 0.3 is 0 Å². The average molecular weight is 357 g/mol. The highest BCUT2D eigenvalue weighted by molar-refractivity contribution is 6.39. The van der Waals surface area contributed by atoms with E-state index in [1.165, 1.54) is 12.1 Å². The minimum atomic E-state index is -0.513. The fourth-order valence-electron chi connectivity index (χ4n) is 2.61. The predicted molar refractivity (Wildman–Crippen MR) is 87.3 cm³/mol. The maximum absolute atomic E-state index is 10.9. The standard InChI is InChI=1S/C14H14Cl2N4O3/c15-12-6-10(20(21)22)7-13(16)14(12)18-4-5-23-11(8-18)9-19-3-1-2-17-19/h1-3,6-7,11H,4-5,8-9H2. The first-order valence-electron chi connectivity index (χ1n) is 7.02. The van der Waals surface area contributed by atoms with E-state index in [9.17, 15) is 10.1 Å². The van der Waals surface area contributed by atoms with Crippen molar-refractivity contribution in [1.82, 2.24) is 9.78 Å². The molecule has 1 atom stereocenters. The second-order valence-corrected chi connectivity index (χ2v) is 6.00. The van der Waals surface area contributed by atoms with Gasteiger partial charge in [0.1, 0.15) is 0 Å². The molecule has 2 aromatic rings. The lowest BCUT2D eigenvalue weighted by atomic mass is 10.2. The van der Waals surface area contributed by atoms with Crippen LogP contribution in [0.1, 0.15) is 0 Å². The molecule has 2 heterocycles. The normalized spacial score (nSPS) is 18.2. The van der Waals surface area contributed by atoms with Crippen molar-refractivity contribution in [2.24, 2.45) is 0 Å². The van der Waals surface area contributed by atoms with Crippen molar-refractivity contribution in [2.45, 2.75) is 12.6 Å². The Morgan fingerprint density at radius 2 is 2.13 bits per heavy atom. The van der Waals surface area contributed by atoms with E-state index in [1.807, 2.05) is 17.2 Å². The van der Waals surface area contributed by atoms with Gasteiger partial charge in [-0.15, -0.1) is 0 Å². The fourth-order valence-corrected chi connectivity index (χ4v) is 3.32. The Balaban J connectivity index is 1.79. The molecular weight excluding hydrogens is 343 g/mol. The Bertz CT molecular complexity index is 685. The molecule has 1 aliphatic heterocycles. The molecule has 1 aliphatic rings. The van der Waals surface area contributed by atoms with Crippen LogP contribution in [0.5, 0.6) is 0 Å². The minimum absolute atomic E-state index is 0.0639. The predicted octanol–water partition coefficient (Wildman–Crippen LogP) is 3.00. The van der Waals surface area contributed by atoms with Gasteiger partial charge < -0.3 is 9.64 Å². The maximum Gasteiger partial charge on any atom is 0.272 e. The van der Waals surface area contributed by atoms with E-state index in [1.54, 1.807) is 10.9 Å². The Morgan fingerprint density at radius 1 is 1.39 bits per heavy atom. The quantitative estimate of drug-likeness (QED) is 0.621. The van der Waals surface area contributed by atoms with Crippen LogP contribution < -0.4 is 4.90 Å². The van der Waals surface area contributed by atoms with Crippen molar-refractivity contribution in [1.29, 1.82) is 0 Å². The number of hydrogen-bond acceptors (Lipinski definition) is 5. The van der Waals surface area contributed by atoms with E-state index < -0.39 is 4.92 Å². The average Bonchev–Trinajstić information content (AvgIpc) is 2.99. The van der Waals surface area contributed by atoms with Crippen LogP contribution in [0.4, 0.5) is 11.4 Å². The van der Waals surface area contributed by atoms with Gasteiger partial charge in [0.25, 0.3) is 5.69 Å². The molecule has 1 unspecified atom stereocenters. The SMILES string of the molecule is O=[N+]([O-])c1cc(Cl)c(N2CCOC(Cn3cccn3)C2)c(Cl)c1. The van der Waals surface area contributed by atoms with Gasteiger partial charge in [-0.05, 0) is 6.07 Å². The van der Waals surface area contributed by atoms with Gasteiger partial charge in [0, 0.05) is 37.6 Å². The second kappa shape index (κ2) is 6.74. The Kier molecular flexibility index (Phi) is 4.70. The van der Waals surface area contributed by atoms with Crippen LogP contribution in [0.15, 0.2) is 30.6 Å². The number of anilines is 1. The summed E-state index contributed by atoms with van der Waals surface area (Å²) in [6, 6.07) is 4.49. The number of non-ortho nitro benzene ring substituents is 1. The van der Waals surface area contributed by atoms with Gasteiger partial charge in [-0.2, -0.15) is 5.10 Å². The van der Waals surface area contributed by atoms with Crippen LogP contribution in [0.25, 0.3) is 0 Å². The Morgan fingerprint density at radius 3 is 2.74 bits per heavy atom. The summed E-state index contributed by atoms with van der Waals surface area (Å²) in [5.74, 6) is 0. The molecule has 0 spiro atoms. The lowest BCUT2D eigenvalue weighted by Gasteiger charge is -2.35. The smallest absolute Gasteiger partial charge is 0.272 e. The summed E-state index contributed by atoms with van der Waals surface area (Å²) >= 11 is 12.4. The van der Waals surface area contributed by atoms with Crippen LogP contribution >= 0.6 is 23.2 Å². The van der Waals surface area contributed by atoms with E-state index in [0.717, 1.165) is 0 Å². The first-order chi connectivity index (χ1) is 11.0. The third-order valence-electron chi connectivity index (χ3n) is 3.62. The minimum Gasteiger partial charge on any atom is -0.373 e. The maximum atomic E-state index is 10.9. The zero-order valence-electron chi connectivity index (χ0n) is 12.1. The van der Waals surface area contributed by atoms with Gasteiger partial charge in [0.15, 0.2) is 0 Å². The highest BCUT2D eigenvalue weighted by atomic mass is 35.5. The largest absolute Gasteiger partial charge is 0.373 e. The summed E-state index contributed by atoms with van der Waals surface area (Å²) in [5.41, 5.74) is 0.484. The van der Waals surface area contributed by atoms with Crippen molar-refractivity contribution in [3.8, 4) is 0 Å². The molecule has 0 saturated carbocycles. The number of nitro benzene ring substituents is 1. The molecule has 1 aromatic heterocycles. The number of ether oxygens (including phenoxy) is 1. The topological polar surface area (TPSA) is 73.4 Å². The van der Waals surface area contributed by atoms with E-state index in [0.29, 0.717) is 31.9 Å². The van der Waals surface area contributed by atoms with E-state index in [2.05, 4.69) is 5.10 Å². The molecule has 0 N–H and O–H groups in total. The summed E-state index contributed by atoms with van der Waals surface area (Å²) in [4.78, 5) is 12.3. The monoisotopic (exact) mass is 356 g/mol. The Labute approximate surface area is 142 Å². The molecule has 0 amide bonds. The number of hydrogen-bond donors (Lipinski definition) is 0. The molecule has 0 aliphatic carbocycles. The van der Waals surface area contributed by atoms with E-state index in [4.69, 9.17) is 27.9 Å². The zero-order chi connectivity index (χ0) is 16.4. The van der Waals surface area contributed by atoms with Gasteiger partial charge in [-0.25, -0.2) is 0 Å². The number of rotatable bonds is 4. The number of benzene rings is 1. The number of nitrogens with zero attached hydrogens (tertiary/aromatic N) is 4. The second-order valence-electron chi connectivity index (χ2n) is 5.18. The molecule has 1 saturated heterocycles. The Hall–Kier alpha value is -1.83. The molecule has 1 fully saturated rings. The molecule has 9 heteroatoms. The molecule has 0 bridgehead atoms. The molecule has 3 rings (SSSR count). The lowest BCUT2D eigenvalue weighted by Crippen LogP contribution is -2.44. The summed E-state index contributed by atoms with van der Waals surface area (Å²) in [6.07, 6.45) is 3.52. The van der Waals surface area contributed by atoms with Crippen molar-refractivity contribution < 1.29 is 9.66 Å². The number of halogens is 2. The van der Waals surface area contributed by atoms with Crippen LogP contribution in [0.2, 0.25) is 10.0 Å². The highest BCUT2D eigenvalue weighted by Crippen LogP contribution is 2.38. The molecule has 7 nitrogen and oxygen atoms in total. The van der Waals surface area contributed by atoms with Crippen molar-refractivity contribution in [3.63, 3.8) is 0 Å². The van der Waals surface area contributed by atoms with Crippen molar-refractivity contribution in [3.05, 3.63) is 50.8 Å². The molecule has 23 heavy (non-hydrogen) atoms.